The summed E-state index contributed by atoms with van der Waals surface area (Å²) in [4.78, 5) is 4.18. The van der Waals surface area contributed by atoms with E-state index in [2.05, 4.69) is 39.4 Å². The number of H-pyrrole nitrogens is 1. The highest BCUT2D eigenvalue weighted by molar-refractivity contribution is 5.80. The van der Waals surface area contributed by atoms with Crippen LogP contribution in [0.4, 0.5) is 0 Å². The molecule has 0 amide bonds. The Morgan fingerprint density at radius 3 is 2.21 bits per heavy atom. The SMILES string of the molecule is COc1ccc(-c2c[nH]nc2-c2ccccc2)cc1.c1ccc2ncccc2c1. The third-order valence-corrected chi connectivity index (χ3v) is 4.60. The molecule has 0 aliphatic rings. The van der Waals surface area contributed by atoms with E-state index < -0.39 is 0 Å². The summed E-state index contributed by atoms with van der Waals surface area (Å²) in [5.41, 5.74) is 5.34. The summed E-state index contributed by atoms with van der Waals surface area (Å²) in [6.07, 6.45) is 3.73. The van der Waals surface area contributed by atoms with Gasteiger partial charge in [0.15, 0.2) is 0 Å². The van der Waals surface area contributed by atoms with Crippen LogP contribution in [0.25, 0.3) is 33.3 Å². The van der Waals surface area contributed by atoms with Gasteiger partial charge in [0.25, 0.3) is 0 Å². The van der Waals surface area contributed by atoms with E-state index in [1.54, 1.807) is 7.11 Å². The number of methoxy groups -OCH3 is 1. The van der Waals surface area contributed by atoms with Gasteiger partial charge >= 0.3 is 0 Å². The van der Waals surface area contributed by atoms with Crippen LogP contribution < -0.4 is 4.74 Å². The predicted octanol–water partition coefficient (Wildman–Crippen LogP) is 5.99. The van der Waals surface area contributed by atoms with Crippen molar-refractivity contribution in [1.82, 2.24) is 15.2 Å². The van der Waals surface area contributed by atoms with Gasteiger partial charge in [-0.3, -0.25) is 10.1 Å². The number of aromatic amines is 1. The van der Waals surface area contributed by atoms with E-state index in [9.17, 15) is 0 Å². The first kappa shape index (κ1) is 18.4. The van der Waals surface area contributed by atoms with Gasteiger partial charge in [0, 0.05) is 28.9 Å². The second-order valence-corrected chi connectivity index (χ2v) is 6.44. The van der Waals surface area contributed by atoms with E-state index in [0.29, 0.717) is 0 Å². The van der Waals surface area contributed by atoms with E-state index in [4.69, 9.17) is 4.74 Å². The van der Waals surface area contributed by atoms with Crippen LogP contribution in [0.1, 0.15) is 0 Å². The molecule has 4 nitrogen and oxygen atoms in total. The van der Waals surface area contributed by atoms with Crippen LogP contribution in [0.5, 0.6) is 5.75 Å². The van der Waals surface area contributed by atoms with Crippen molar-refractivity contribution in [1.29, 1.82) is 0 Å². The zero-order valence-corrected chi connectivity index (χ0v) is 16.1. The molecule has 142 valence electrons. The average molecular weight is 379 g/mol. The molecule has 1 N–H and O–H groups in total. The number of benzene rings is 3. The molecular weight excluding hydrogens is 358 g/mol. The summed E-state index contributed by atoms with van der Waals surface area (Å²) in [7, 11) is 1.67. The summed E-state index contributed by atoms with van der Waals surface area (Å²) >= 11 is 0. The van der Waals surface area contributed by atoms with Gasteiger partial charge < -0.3 is 4.74 Å². The smallest absolute Gasteiger partial charge is 0.118 e. The van der Waals surface area contributed by atoms with Crippen molar-refractivity contribution < 1.29 is 4.74 Å². The first-order valence-electron chi connectivity index (χ1n) is 9.38. The molecule has 5 rings (SSSR count). The van der Waals surface area contributed by atoms with Gasteiger partial charge in [0.1, 0.15) is 5.75 Å². The highest BCUT2D eigenvalue weighted by Crippen LogP contribution is 2.30. The Bertz CT molecular complexity index is 1120. The second kappa shape index (κ2) is 8.85. The first-order chi connectivity index (χ1) is 14.3. The molecule has 0 aliphatic carbocycles. The maximum atomic E-state index is 5.18. The molecule has 29 heavy (non-hydrogen) atoms. The van der Waals surface area contributed by atoms with Crippen LogP contribution in [-0.4, -0.2) is 22.3 Å². The van der Waals surface area contributed by atoms with Crippen molar-refractivity contribution >= 4 is 10.9 Å². The van der Waals surface area contributed by atoms with E-state index in [1.807, 2.05) is 79.1 Å². The summed E-state index contributed by atoms with van der Waals surface area (Å²) < 4.78 is 5.18. The Balaban J connectivity index is 0.000000171. The molecular formula is C25H21N3O. The fraction of sp³-hybridized carbons (Fsp3) is 0.0400. The fourth-order valence-electron chi connectivity index (χ4n) is 3.11. The highest BCUT2D eigenvalue weighted by Gasteiger charge is 2.09. The van der Waals surface area contributed by atoms with Gasteiger partial charge in [-0.05, 0) is 29.8 Å². The largest absolute Gasteiger partial charge is 0.497 e. The zero-order valence-electron chi connectivity index (χ0n) is 16.1. The van der Waals surface area contributed by atoms with Crippen LogP contribution in [0.2, 0.25) is 0 Å². The molecule has 0 unspecified atom stereocenters. The molecule has 5 aromatic rings. The maximum Gasteiger partial charge on any atom is 0.118 e. The molecule has 0 radical (unpaired) electrons. The first-order valence-corrected chi connectivity index (χ1v) is 9.38. The molecule has 0 bridgehead atoms. The van der Waals surface area contributed by atoms with Gasteiger partial charge in [-0.2, -0.15) is 5.10 Å². The second-order valence-electron chi connectivity index (χ2n) is 6.44. The number of aromatic nitrogens is 3. The molecule has 2 aromatic heterocycles. The van der Waals surface area contributed by atoms with E-state index in [1.165, 1.54) is 5.39 Å². The lowest BCUT2D eigenvalue weighted by Gasteiger charge is -2.04. The number of hydrogen-bond donors (Lipinski definition) is 1. The zero-order chi connectivity index (χ0) is 19.9. The lowest BCUT2D eigenvalue weighted by molar-refractivity contribution is 0.415. The number of pyridine rings is 1. The fourth-order valence-corrected chi connectivity index (χ4v) is 3.11. The van der Waals surface area contributed by atoms with Gasteiger partial charge in [-0.1, -0.05) is 66.7 Å². The number of para-hydroxylation sites is 1. The number of fused-ring (bicyclic) bond motifs is 1. The van der Waals surface area contributed by atoms with Crippen molar-refractivity contribution in [2.45, 2.75) is 0 Å². The minimum atomic E-state index is 0.855. The molecule has 0 saturated heterocycles. The number of nitrogens with one attached hydrogen (secondary N) is 1. The molecule has 0 aliphatic heterocycles. The van der Waals surface area contributed by atoms with Gasteiger partial charge in [0.05, 0.1) is 18.3 Å². The van der Waals surface area contributed by atoms with E-state index in [-0.39, 0.29) is 0 Å². The topological polar surface area (TPSA) is 50.8 Å². The Hall–Kier alpha value is -3.92. The summed E-state index contributed by atoms with van der Waals surface area (Å²) in [5, 5.41) is 8.49. The number of rotatable bonds is 3. The van der Waals surface area contributed by atoms with Crippen LogP contribution >= 0.6 is 0 Å². The maximum absolute atomic E-state index is 5.18. The highest BCUT2D eigenvalue weighted by atomic mass is 16.5. The molecule has 2 heterocycles. The molecule has 0 atom stereocenters. The Kier molecular flexibility index (Phi) is 5.63. The van der Waals surface area contributed by atoms with Crippen LogP contribution in [-0.2, 0) is 0 Å². The molecule has 3 aromatic carbocycles. The molecule has 0 fully saturated rings. The van der Waals surface area contributed by atoms with Crippen molar-refractivity contribution in [3.05, 3.63) is 103 Å². The number of hydrogen-bond acceptors (Lipinski definition) is 3. The minimum absolute atomic E-state index is 0.855. The lowest BCUT2D eigenvalue weighted by Crippen LogP contribution is -1.84. The van der Waals surface area contributed by atoms with Gasteiger partial charge in [-0.15, -0.1) is 0 Å². The average Bonchev–Trinajstić information content (AvgIpc) is 3.30. The molecule has 4 heteroatoms. The Morgan fingerprint density at radius 1 is 0.724 bits per heavy atom. The third kappa shape index (κ3) is 4.33. The van der Waals surface area contributed by atoms with Crippen molar-refractivity contribution in [2.75, 3.05) is 7.11 Å². The van der Waals surface area contributed by atoms with Crippen molar-refractivity contribution in [3.8, 4) is 28.1 Å². The Morgan fingerprint density at radius 2 is 1.45 bits per heavy atom. The van der Waals surface area contributed by atoms with Crippen molar-refractivity contribution in [2.24, 2.45) is 0 Å². The molecule has 0 saturated carbocycles. The normalized spacial score (nSPS) is 10.2. The summed E-state index contributed by atoms with van der Waals surface area (Å²) in [6, 6.07) is 30.2. The molecule has 0 spiro atoms. The quantitative estimate of drug-likeness (QED) is 0.419. The van der Waals surface area contributed by atoms with Crippen LogP contribution in [0.15, 0.2) is 103 Å². The van der Waals surface area contributed by atoms with Crippen LogP contribution in [0, 0.1) is 0 Å². The number of ether oxygens (including phenoxy) is 1. The van der Waals surface area contributed by atoms with Gasteiger partial charge in [0.2, 0.25) is 0 Å². The summed E-state index contributed by atoms with van der Waals surface area (Å²) in [6.45, 7) is 0. The predicted molar refractivity (Wildman–Crippen MR) is 118 cm³/mol. The van der Waals surface area contributed by atoms with Crippen LogP contribution in [0.3, 0.4) is 0 Å². The third-order valence-electron chi connectivity index (χ3n) is 4.60. The monoisotopic (exact) mass is 379 g/mol. The standard InChI is InChI=1S/C16H14N2O.C9H7N/c1-19-14-9-7-12(8-10-14)15-11-17-18-16(15)13-5-3-2-4-6-13;1-2-6-9-8(4-1)5-3-7-10-9/h2-11H,1H3,(H,17,18);1-7H. The lowest BCUT2D eigenvalue weighted by atomic mass is 10.0. The van der Waals surface area contributed by atoms with Crippen molar-refractivity contribution in [3.63, 3.8) is 0 Å². The van der Waals surface area contributed by atoms with Gasteiger partial charge in [-0.25, -0.2) is 0 Å². The summed E-state index contributed by atoms with van der Waals surface area (Å²) in [5.74, 6) is 0.855. The van der Waals surface area contributed by atoms with E-state index >= 15 is 0 Å². The van der Waals surface area contributed by atoms with E-state index in [0.717, 1.165) is 33.7 Å². The number of nitrogens with zero attached hydrogens (tertiary/aromatic N) is 2. The Labute approximate surface area is 169 Å². The minimum Gasteiger partial charge on any atom is -0.497 e.